The lowest BCUT2D eigenvalue weighted by molar-refractivity contribution is -0.149. The third kappa shape index (κ3) is 6.88. The second-order valence-electron chi connectivity index (χ2n) is 8.10. The van der Waals surface area contributed by atoms with Crippen molar-refractivity contribution in [2.45, 2.75) is 57.5 Å². The number of H-pyrrole nitrogens is 1. The third-order valence-electron chi connectivity index (χ3n) is 4.90. The highest BCUT2D eigenvalue weighted by Crippen LogP contribution is 2.46. The van der Waals surface area contributed by atoms with Crippen molar-refractivity contribution in [2.24, 2.45) is 0 Å². The van der Waals surface area contributed by atoms with Gasteiger partial charge in [-0.1, -0.05) is 18.2 Å². The minimum absolute atomic E-state index is 0.179. The molecular weight excluding hydrogens is 485 g/mol. The number of hydrogen-bond acceptors (Lipinski definition) is 10. The van der Waals surface area contributed by atoms with Crippen LogP contribution in [-0.2, 0) is 23.4 Å². The molecule has 35 heavy (non-hydrogen) atoms. The van der Waals surface area contributed by atoms with Crippen LogP contribution < -0.4 is 20.9 Å². The van der Waals surface area contributed by atoms with Crippen LogP contribution in [0.15, 0.2) is 52.2 Å². The lowest BCUT2D eigenvalue weighted by atomic mass is 10.1. The molecule has 14 heteroatoms. The highest BCUT2D eigenvalue weighted by Gasteiger charge is 2.45. The van der Waals surface area contributed by atoms with Crippen LogP contribution in [0, 0.1) is 0 Å². The Balaban J connectivity index is 1.75. The Morgan fingerprint density at radius 3 is 2.49 bits per heavy atom. The number of aromatic amines is 1. The van der Waals surface area contributed by atoms with Gasteiger partial charge in [-0.15, -0.1) is 0 Å². The normalized spacial score (nSPS) is 24.6. The van der Waals surface area contributed by atoms with Gasteiger partial charge in [0.25, 0.3) is 5.56 Å². The van der Waals surface area contributed by atoms with Crippen LogP contribution >= 0.6 is 7.75 Å². The Morgan fingerprint density at radius 1 is 1.17 bits per heavy atom. The van der Waals surface area contributed by atoms with Gasteiger partial charge >= 0.3 is 19.4 Å². The fourth-order valence-corrected chi connectivity index (χ4v) is 4.73. The maximum Gasteiger partial charge on any atom is 0.459 e. The smallest absolute Gasteiger partial charge is 0.459 e. The number of benzene rings is 1. The van der Waals surface area contributed by atoms with Gasteiger partial charge in [-0.25, -0.2) is 9.36 Å². The first-order chi connectivity index (χ1) is 16.5. The van der Waals surface area contributed by atoms with E-state index in [-0.39, 0.29) is 5.75 Å². The number of para-hydroxylation sites is 1. The van der Waals surface area contributed by atoms with E-state index in [1.54, 1.807) is 32.0 Å². The molecule has 2 aromatic rings. The van der Waals surface area contributed by atoms with E-state index in [4.69, 9.17) is 18.5 Å². The van der Waals surface area contributed by atoms with Crippen molar-refractivity contribution in [3.63, 3.8) is 0 Å². The number of rotatable bonds is 10. The van der Waals surface area contributed by atoms with E-state index in [0.29, 0.717) is 0 Å². The maximum absolute atomic E-state index is 13.5. The number of aliphatic hydroxyl groups excluding tert-OH is 2. The van der Waals surface area contributed by atoms with E-state index < -0.39 is 68.3 Å². The number of carbonyl (C=O) groups is 1. The van der Waals surface area contributed by atoms with E-state index in [1.807, 2.05) is 4.98 Å². The molecule has 2 unspecified atom stereocenters. The fraction of sp³-hybridized carbons (Fsp3) is 0.476. The number of ether oxygens (including phenoxy) is 2. The van der Waals surface area contributed by atoms with Crippen LogP contribution in [0.5, 0.6) is 5.75 Å². The van der Waals surface area contributed by atoms with Crippen molar-refractivity contribution in [3.05, 3.63) is 63.4 Å². The summed E-state index contributed by atoms with van der Waals surface area (Å²) < 4.78 is 36.1. The molecule has 1 aromatic carbocycles. The Labute approximate surface area is 200 Å². The summed E-state index contributed by atoms with van der Waals surface area (Å²) >= 11 is 0. The van der Waals surface area contributed by atoms with Crippen molar-refractivity contribution < 1.29 is 38.1 Å². The molecule has 4 N–H and O–H groups in total. The average Bonchev–Trinajstić information content (AvgIpc) is 3.06. The first kappa shape index (κ1) is 26.8. The van der Waals surface area contributed by atoms with Gasteiger partial charge in [0, 0.05) is 12.3 Å². The largest absolute Gasteiger partial charge is 0.462 e. The number of aromatic nitrogens is 2. The highest BCUT2D eigenvalue weighted by atomic mass is 31.2. The van der Waals surface area contributed by atoms with Gasteiger partial charge in [-0.3, -0.25) is 23.7 Å². The predicted molar refractivity (Wildman–Crippen MR) is 122 cm³/mol. The summed E-state index contributed by atoms with van der Waals surface area (Å²) in [5.41, 5.74) is -1.50. The van der Waals surface area contributed by atoms with E-state index in [9.17, 15) is 29.2 Å². The van der Waals surface area contributed by atoms with Gasteiger partial charge in [0.15, 0.2) is 6.23 Å². The number of aliphatic hydroxyl groups is 2. The lowest BCUT2D eigenvalue weighted by Gasteiger charge is -2.25. The number of esters is 1. The van der Waals surface area contributed by atoms with Crippen molar-refractivity contribution in [1.82, 2.24) is 14.6 Å². The molecule has 1 saturated heterocycles. The molecule has 0 aliphatic carbocycles. The Hall–Kier alpha value is -2.80. The minimum atomic E-state index is -4.24. The van der Waals surface area contributed by atoms with Crippen LogP contribution in [0.3, 0.4) is 0 Å². The zero-order chi connectivity index (χ0) is 25.8. The summed E-state index contributed by atoms with van der Waals surface area (Å²) in [6, 6.07) is 8.02. The second-order valence-corrected chi connectivity index (χ2v) is 9.79. The van der Waals surface area contributed by atoms with Crippen LogP contribution in [0.25, 0.3) is 0 Å². The molecule has 3 rings (SSSR count). The summed E-state index contributed by atoms with van der Waals surface area (Å²) in [6.07, 6.45) is -4.97. The molecule has 192 valence electrons. The SMILES string of the molecule is CC(C)OC(=O)[C@@H](C)NP(=O)(OC[C@H]1OC(n2ccc(=O)[nH]c2=O)[C@@H](O)[C@@H]1O)Oc1ccccc1. The molecule has 0 spiro atoms. The molecule has 1 aromatic heterocycles. The number of hydrogen-bond donors (Lipinski definition) is 4. The fourth-order valence-electron chi connectivity index (χ4n) is 3.23. The predicted octanol–water partition coefficient (Wildman–Crippen LogP) is 0.289. The highest BCUT2D eigenvalue weighted by molar-refractivity contribution is 7.52. The van der Waals surface area contributed by atoms with Crippen molar-refractivity contribution in [2.75, 3.05) is 6.61 Å². The van der Waals surface area contributed by atoms with E-state index in [2.05, 4.69) is 5.09 Å². The molecule has 2 heterocycles. The summed E-state index contributed by atoms with van der Waals surface area (Å²) in [4.78, 5) is 37.6. The van der Waals surface area contributed by atoms with Crippen LogP contribution in [-0.4, -0.2) is 62.8 Å². The molecule has 1 aliphatic heterocycles. The van der Waals surface area contributed by atoms with Crippen molar-refractivity contribution >= 4 is 13.7 Å². The van der Waals surface area contributed by atoms with Crippen LogP contribution in [0.1, 0.15) is 27.0 Å². The summed E-state index contributed by atoms with van der Waals surface area (Å²) in [5, 5.41) is 23.3. The number of nitrogens with zero attached hydrogens (tertiary/aromatic N) is 1. The van der Waals surface area contributed by atoms with Gasteiger partial charge < -0.3 is 24.2 Å². The summed E-state index contributed by atoms with van der Waals surface area (Å²) in [6.45, 7) is 4.19. The Kier molecular flexibility index (Phi) is 8.65. The minimum Gasteiger partial charge on any atom is -0.462 e. The molecule has 0 radical (unpaired) electrons. The molecule has 13 nitrogen and oxygen atoms in total. The summed E-state index contributed by atoms with van der Waals surface area (Å²) in [5.74, 6) is -0.510. The van der Waals surface area contributed by atoms with Crippen molar-refractivity contribution in [3.8, 4) is 5.75 Å². The Bertz CT molecular complexity index is 1170. The monoisotopic (exact) mass is 513 g/mol. The van der Waals surface area contributed by atoms with Gasteiger partial charge in [0.05, 0.1) is 12.7 Å². The van der Waals surface area contributed by atoms with E-state index >= 15 is 0 Å². The molecule has 0 amide bonds. The van der Waals surface area contributed by atoms with Crippen LogP contribution in [0.2, 0.25) is 0 Å². The molecule has 0 saturated carbocycles. The zero-order valence-corrected chi connectivity index (χ0v) is 20.2. The topological polar surface area (TPSA) is 178 Å². The van der Waals surface area contributed by atoms with Gasteiger partial charge in [0.1, 0.15) is 30.1 Å². The van der Waals surface area contributed by atoms with Gasteiger partial charge in [-0.05, 0) is 32.9 Å². The Morgan fingerprint density at radius 2 is 1.86 bits per heavy atom. The first-order valence-corrected chi connectivity index (χ1v) is 12.3. The molecule has 6 atom stereocenters. The molecule has 1 aliphatic rings. The first-order valence-electron chi connectivity index (χ1n) is 10.8. The van der Waals surface area contributed by atoms with E-state index in [0.717, 1.165) is 16.8 Å². The summed E-state index contributed by atoms with van der Waals surface area (Å²) in [7, 11) is -4.24. The quantitative estimate of drug-likeness (QED) is 0.253. The van der Waals surface area contributed by atoms with Crippen LogP contribution in [0.4, 0.5) is 0 Å². The lowest BCUT2D eigenvalue weighted by Crippen LogP contribution is -2.38. The van der Waals surface area contributed by atoms with Gasteiger partial charge in [-0.2, -0.15) is 5.09 Å². The number of nitrogens with one attached hydrogen (secondary N) is 2. The number of carbonyl (C=O) groups excluding carboxylic acids is 1. The van der Waals surface area contributed by atoms with Crippen molar-refractivity contribution in [1.29, 1.82) is 0 Å². The second kappa shape index (κ2) is 11.3. The molecule has 0 bridgehead atoms. The maximum atomic E-state index is 13.5. The van der Waals surface area contributed by atoms with E-state index in [1.165, 1.54) is 19.1 Å². The zero-order valence-electron chi connectivity index (χ0n) is 19.3. The average molecular weight is 513 g/mol. The van der Waals surface area contributed by atoms with Gasteiger partial charge in [0.2, 0.25) is 0 Å². The molecule has 1 fully saturated rings. The molecular formula is C21H28N3O10P. The standard InChI is InChI=1S/C21H28N3O10P/c1-12(2)32-20(28)13(3)23-35(30,34-14-7-5-4-6-8-14)31-11-15-17(26)18(27)19(33-15)24-10-9-16(25)22-21(24)29/h4-10,12-13,15,17-19,26-27H,11H2,1-3H3,(H,23,30)(H,22,25,29)/t13-,15-,17-,18+,19?,35?/m1/s1. The third-order valence-corrected chi connectivity index (χ3v) is 6.54.